The first-order valence-electron chi connectivity index (χ1n) is 6.43. The van der Waals surface area contributed by atoms with Crippen LogP contribution >= 0.6 is 0 Å². The highest BCUT2D eigenvalue weighted by atomic mass is 16.1. The molecule has 2 heterocycles. The average molecular weight is 256 g/mol. The van der Waals surface area contributed by atoms with Gasteiger partial charge in [-0.15, -0.1) is 0 Å². The van der Waals surface area contributed by atoms with E-state index in [4.69, 9.17) is 0 Å². The van der Waals surface area contributed by atoms with Crippen molar-refractivity contribution in [2.75, 3.05) is 24.2 Å². The lowest BCUT2D eigenvalue weighted by molar-refractivity contribution is 0.799. The maximum absolute atomic E-state index is 11.8. The molecule has 3 N–H and O–H groups in total. The van der Waals surface area contributed by atoms with E-state index in [9.17, 15) is 4.79 Å². The molecular weight excluding hydrogens is 240 g/mol. The van der Waals surface area contributed by atoms with Gasteiger partial charge >= 0.3 is 0 Å². The fourth-order valence-electron chi connectivity index (χ4n) is 2.42. The van der Waals surface area contributed by atoms with Gasteiger partial charge in [-0.2, -0.15) is 5.10 Å². The molecule has 5 heteroatoms. The van der Waals surface area contributed by atoms with Crippen molar-refractivity contribution in [2.24, 2.45) is 0 Å². The normalized spacial score (nSPS) is 13.5. The molecule has 1 aliphatic heterocycles. The van der Waals surface area contributed by atoms with Crippen LogP contribution in [0, 0.1) is 0 Å². The van der Waals surface area contributed by atoms with E-state index in [2.05, 4.69) is 20.8 Å². The molecule has 0 radical (unpaired) electrons. The quantitative estimate of drug-likeness (QED) is 0.766. The first-order chi connectivity index (χ1) is 9.29. The number of benzene rings is 1. The van der Waals surface area contributed by atoms with Crippen LogP contribution in [0.25, 0.3) is 11.3 Å². The Balaban J connectivity index is 2.17. The lowest BCUT2D eigenvalue weighted by atomic mass is 10.0. The van der Waals surface area contributed by atoms with Crippen molar-refractivity contribution in [3.63, 3.8) is 0 Å². The third kappa shape index (κ3) is 2.07. The highest BCUT2D eigenvalue weighted by molar-refractivity contribution is 5.78. The van der Waals surface area contributed by atoms with Gasteiger partial charge in [-0.25, -0.2) is 5.10 Å². The van der Waals surface area contributed by atoms with Crippen LogP contribution in [0.1, 0.15) is 12.0 Å². The highest BCUT2D eigenvalue weighted by Crippen LogP contribution is 2.30. The van der Waals surface area contributed by atoms with Gasteiger partial charge in [-0.05, 0) is 25.0 Å². The van der Waals surface area contributed by atoms with E-state index in [1.54, 1.807) is 0 Å². The van der Waals surface area contributed by atoms with Crippen LogP contribution in [0.4, 0.5) is 11.4 Å². The maximum atomic E-state index is 11.8. The van der Waals surface area contributed by atoms with Crippen LogP contribution < -0.4 is 16.2 Å². The van der Waals surface area contributed by atoms with Crippen molar-refractivity contribution in [1.82, 2.24) is 10.2 Å². The minimum Gasteiger partial charge on any atom is -0.388 e. The molecule has 0 saturated carbocycles. The first-order valence-corrected chi connectivity index (χ1v) is 6.43. The molecule has 3 rings (SSSR count). The van der Waals surface area contributed by atoms with E-state index in [-0.39, 0.29) is 5.56 Å². The van der Waals surface area contributed by atoms with Crippen molar-refractivity contribution >= 4 is 11.4 Å². The van der Waals surface area contributed by atoms with Crippen LogP contribution in [0.5, 0.6) is 0 Å². The lowest BCUT2D eigenvalue weighted by Gasteiger charge is -2.19. The number of nitrogens with one attached hydrogen (secondary N) is 3. The molecule has 0 spiro atoms. The molecule has 19 heavy (non-hydrogen) atoms. The summed E-state index contributed by atoms with van der Waals surface area (Å²) in [4.78, 5) is 11.8. The minimum atomic E-state index is -0.0873. The van der Waals surface area contributed by atoms with E-state index in [0.29, 0.717) is 0 Å². The summed E-state index contributed by atoms with van der Waals surface area (Å²) in [6.45, 7) is 0.886. The van der Waals surface area contributed by atoms with Gasteiger partial charge in [0.25, 0.3) is 5.56 Å². The summed E-state index contributed by atoms with van der Waals surface area (Å²) in [7, 11) is 1.88. The van der Waals surface area contributed by atoms with Gasteiger partial charge in [0.05, 0.1) is 5.69 Å². The second kappa shape index (κ2) is 4.76. The van der Waals surface area contributed by atoms with E-state index < -0.39 is 0 Å². The van der Waals surface area contributed by atoms with Crippen LogP contribution in [0.15, 0.2) is 29.1 Å². The summed E-state index contributed by atoms with van der Waals surface area (Å²) in [6.07, 6.45) is 1.79. The number of hydrogen-bond acceptors (Lipinski definition) is 4. The predicted molar refractivity (Wildman–Crippen MR) is 76.7 cm³/mol. The average Bonchev–Trinajstić information content (AvgIpc) is 2.48. The van der Waals surface area contributed by atoms with E-state index in [0.717, 1.165) is 47.6 Å². The summed E-state index contributed by atoms with van der Waals surface area (Å²) in [5.74, 6) is 0. The van der Waals surface area contributed by atoms with Crippen LogP contribution in [-0.2, 0) is 6.42 Å². The molecule has 1 aromatic carbocycles. The number of anilines is 2. The van der Waals surface area contributed by atoms with Crippen molar-refractivity contribution < 1.29 is 0 Å². The Labute approximate surface area is 111 Å². The Hall–Kier alpha value is -2.30. The Bertz CT molecular complexity index is 663. The predicted octanol–water partition coefficient (Wildman–Crippen LogP) is 1.84. The largest absolute Gasteiger partial charge is 0.388 e. The van der Waals surface area contributed by atoms with Crippen LogP contribution in [0.3, 0.4) is 0 Å². The van der Waals surface area contributed by atoms with Crippen LogP contribution in [-0.4, -0.2) is 23.8 Å². The monoisotopic (exact) mass is 256 g/mol. The second-order valence-electron chi connectivity index (χ2n) is 4.62. The maximum Gasteiger partial charge on any atom is 0.269 e. The zero-order valence-corrected chi connectivity index (χ0v) is 10.8. The number of hydrogen-bond donors (Lipinski definition) is 3. The third-order valence-electron chi connectivity index (χ3n) is 3.41. The smallest absolute Gasteiger partial charge is 0.269 e. The van der Waals surface area contributed by atoms with Gasteiger partial charge in [0, 0.05) is 30.4 Å². The van der Waals surface area contributed by atoms with Crippen molar-refractivity contribution in [3.05, 3.63) is 40.2 Å². The second-order valence-corrected chi connectivity index (χ2v) is 4.62. The van der Waals surface area contributed by atoms with Gasteiger partial charge in [-0.3, -0.25) is 4.79 Å². The molecule has 0 amide bonds. The van der Waals surface area contributed by atoms with Crippen LogP contribution in [0.2, 0.25) is 0 Å². The van der Waals surface area contributed by atoms with Crippen molar-refractivity contribution in [3.8, 4) is 11.3 Å². The van der Waals surface area contributed by atoms with Crippen molar-refractivity contribution in [2.45, 2.75) is 12.8 Å². The summed E-state index contributed by atoms with van der Waals surface area (Å²) < 4.78 is 0. The minimum absolute atomic E-state index is 0.0873. The molecule has 1 aromatic heterocycles. The van der Waals surface area contributed by atoms with E-state index in [1.165, 1.54) is 0 Å². The van der Waals surface area contributed by atoms with Gasteiger partial charge in [0.1, 0.15) is 5.69 Å². The zero-order chi connectivity index (χ0) is 13.2. The van der Waals surface area contributed by atoms with E-state index >= 15 is 0 Å². The Morgan fingerprint density at radius 1 is 1.37 bits per heavy atom. The molecule has 0 aliphatic carbocycles. The molecule has 98 valence electrons. The SMILES string of the molecule is CNc1cccc(-c2n[nH]c(=O)c3c2NCCC3)c1. The molecular formula is C14H16N4O. The molecule has 0 unspecified atom stereocenters. The van der Waals surface area contributed by atoms with Gasteiger partial charge in [0.15, 0.2) is 0 Å². The third-order valence-corrected chi connectivity index (χ3v) is 3.41. The number of fused-ring (bicyclic) bond motifs is 1. The highest BCUT2D eigenvalue weighted by Gasteiger charge is 2.18. The molecule has 1 aliphatic rings. The summed E-state index contributed by atoms with van der Waals surface area (Å²) in [5, 5.41) is 13.2. The van der Waals surface area contributed by atoms with Gasteiger partial charge in [-0.1, -0.05) is 12.1 Å². The summed E-state index contributed by atoms with van der Waals surface area (Å²) in [5.41, 5.74) is 4.43. The summed E-state index contributed by atoms with van der Waals surface area (Å²) in [6, 6.07) is 7.99. The van der Waals surface area contributed by atoms with Gasteiger partial charge in [0.2, 0.25) is 0 Å². The Morgan fingerprint density at radius 3 is 3.11 bits per heavy atom. The number of aromatic nitrogens is 2. The number of nitrogens with zero attached hydrogens (tertiary/aromatic N) is 1. The Morgan fingerprint density at radius 2 is 2.26 bits per heavy atom. The molecule has 0 saturated heterocycles. The van der Waals surface area contributed by atoms with Gasteiger partial charge < -0.3 is 10.6 Å². The summed E-state index contributed by atoms with van der Waals surface area (Å²) >= 11 is 0. The molecule has 0 atom stereocenters. The number of rotatable bonds is 2. The molecule has 2 aromatic rings. The number of H-pyrrole nitrogens is 1. The first kappa shape index (κ1) is 11.8. The lowest BCUT2D eigenvalue weighted by Crippen LogP contribution is -2.24. The zero-order valence-electron chi connectivity index (χ0n) is 10.8. The molecule has 0 fully saturated rings. The fourth-order valence-corrected chi connectivity index (χ4v) is 2.42. The van der Waals surface area contributed by atoms with Crippen molar-refractivity contribution in [1.29, 1.82) is 0 Å². The molecule has 5 nitrogen and oxygen atoms in total. The van der Waals surface area contributed by atoms with E-state index in [1.807, 2.05) is 31.3 Å². The Kier molecular flexibility index (Phi) is 2.95. The fraction of sp³-hybridized carbons (Fsp3) is 0.286. The standard InChI is InChI=1S/C14H16N4O/c1-15-10-5-2-4-9(8-10)12-13-11(6-3-7-16-13)14(19)18-17-12/h2,4-5,8,15-16H,3,6-7H2,1H3,(H,18,19). The topological polar surface area (TPSA) is 69.8 Å². The number of aromatic amines is 1. The molecule has 0 bridgehead atoms.